The molecule has 1 aromatic rings. The van der Waals surface area contributed by atoms with Crippen LogP contribution in [0.1, 0.15) is 56.6 Å². The van der Waals surface area contributed by atoms with Crippen LogP contribution in [-0.2, 0) is 0 Å². The quantitative estimate of drug-likeness (QED) is 0.732. The van der Waals surface area contributed by atoms with Crippen LogP contribution in [0.4, 0.5) is 0 Å². The van der Waals surface area contributed by atoms with Gasteiger partial charge in [-0.25, -0.2) is 0 Å². The Morgan fingerprint density at radius 2 is 2.06 bits per heavy atom. The maximum atomic E-state index is 3.44. The first-order valence-electron chi connectivity index (χ1n) is 7.26. The van der Waals surface area contributed by atoms with E-state index in [1.165, 1.54) is 24.8 Å². The molecule has 0 unspecified atom stereocenters. The minimum atomic E-state index is 0.584. The van der Waals surface area contributed by atoms with E-state index in [0.29, 0.717) is 6.04 Å². The molecule has 2 rings (SSSR count). The van der Waals surface area contributed by atoms with Crippen LogP contribution in [0.3, 0.4) is 0 Å². The van der Waals surface area contributed by atoms with Crippen molar-refractivity contribution >= 4 is 6.08 Å². The Bertz CT molecular complexity index is 388. The molecule has 1 heteroatoms. The molecule has 0 amide bonds. The fourth-order valence-corrected chi connectivity index (χ4v) is 2.42. The summed E-state index contributed by atoms with van der Waals surface area (Å²) in [5.41, 5.74) is 2.98. The summed E-state index contributed by atoms with van der Waals surface area (Å²) in [4.78, 5) is 0. The summed E-state index contributed by atoms with van der Waals surface area (Å²) in [7, 11) is 0. The Balaban J connectivity index is 1.89. The third kappa shape index (κ3) is 3.71. The van der Waals surface area contributed by atoms with Crippen molar-refractivity contribution in [1.82, 2.24) is 5.32 Å². The Morgan fingerprint density at radius 1 is 1.28 bits per heavy atom. The highest BCUT2D eigenvalue weighted by Crippen LogP contribution is 2.38. The van der Waals surface area contributed by atoms with E-state index in [9.17, 15) is 0 Å². The molecular weight excluding hydrogens is 218 g/mol. The molecule has 1 aromatic carbocycles. The molecule has 0 bridgehead atoms. The lowest BCUT2D eigenvalue weighted by atomic mass is 9.78. The lowest BCUT2D eigenvalue weighted by Gasteiger charge is -2.27. The summed E-state index contributed by atoms with van der Waals surface area (Å²) in [5.74, 6) is 0.819. The van der Waals surface area contributed by atoms with Gasteiger partial charge < -0.3 is 5.32 Å². The number of hydrogen-bond donors (Lipinski definition) is 1. The van der Waals surface area contributed by atoms with Crippen LogP contribution in [-0.4, -0.2) is 12.6 Å². The third-order valence-corrected chi connectivity index (χ3v) is 3.70. The van der Waals surface area contributed by atoms with Gasteiger partial charge in [-0.2, -0.15) is 0 Å². The second-order valence-corrected chi connectivity index (χ2v) is 5.56. The van der Waals surface area contributed by atoms with Crippen LogP contribution in [0.25, 0.3) is 6.08 Å². The fraction of sp³-hybridized carbons (Fsp3) is 0.529. The van der Waals surface area contributed by atoms with Crippen LogP contribution in [0.5, 0.6) is 0 Å². The summed E-state index contributed by atoms with van der Waals surface area (Å²) in [5, 5.41) is 3.44. The highest BCUT2D eigenvalue weighted by Gasteiger charge is 2.20. The van der Waals surface area contributed by atoms with Gasteiger partial charge in [0.25, 0.3) is 0 Å². The average Bonchev–Trinajstić information content (AvgIpc) is 2.28. The van der Waals surface area contributed by atoms with Crippen LogP contribution in [0.2, 0.25) is 0 Å². The molecule has 0 spiro atoms. The predicted molar refractivity (Wildman–Crippen MR) is 79.8 cm³/mol. The predicted octanol–water partition coefficient (Wildman–Crippen LogP) is 4.36. The van der Waals surface area contributed by atoms with E-state index < -0.39 is 0 Å². The van der Waals surface area contributed by atoms with Crippen molar-refractivity contribution in [3.8, 4) is 0 Å². The molecule has 98 valence electrons. The molecule has 1 N–H and O–H groups in total. The first-order chi connectivity index (χ1) is 8.77. The van der Waals surface area contributed by atoms with Crippen LogP contribution in [0, 0.1) is 0 Å². The zero-order chi connectivity index (χ0) is 12.8. The first kappa shape index (κ1) is 13.4. The lowest BCUT2D eigenvalue weighted by molar-refractivity contribution is 0.419. The second kappa shape index (κ2) is 6.75. The van der Waals surface area contributed by atoms with Gasteiger partial charge in [0.2, 0.25) is 0 Å². The molecule has 1 fully saturated rings. The van der Waals surface area contributed by atoms with Gasteiger partial charge in [0, 0.05) is 6.04 Å². The van der Waals surface area contributed by atoms with Gasteiger partial charge in [0.1, 0.15) is 0 Å². The summed E-state index contributed by atoms with van der Waals surface area (Å²) in [6, 6.07) is 9.45. The van der Waals surface area contributed by atoms with Crippen molar-refractivity contribution in [3.05, 3.63) is 41.5 Å². The Morgan fingerprint density at radius 3 is 2.72 bits per heavy atom. The normalized spacial score (nSPS) is 16.4. The summed E-state index contributed by atoms with van der Waals surface area (Å²) < 4.78 is 0. The molecule has 0 heterocycles. The minimum Gasteiger partial charge on any atom is -0.314 e. The van der Waals surface area contributed by atoms with E-state index in [-0.39, 0.29) is 0 Å². The van der Waals surface area contributed by atoms with Gasteiger partial charge in [-0.3, -0.25) is 0 Å². The van der Waals surface area contributed by atoms with E-state index in [1.807, 2.05) is 0 Å². The summed E-state index contributed by atoms with van der Waals surface area (Å²) in [6.45, 7) is 5.45. The Labute approximate surface area is 111 Å². The molecule has 0 saturated heterocycles. The van der Waals surface area contributed by atoms with E-state index in [4.69, 9.17) is 0 Å². The van der Waals surface area contributed by atoms with Gasteiger partial charge >= 0.3 is 0 Å². The molecule has 0 atom stereocenters. The van der Waals surface area contributed by atoms with Gasteiger partial charge in [-0.1, -0.05) is 56.7 Å². The molecule has 1 saturated carbocycles. The van der Waals surface area contributed by atoms with Crippen LogP contribution >= 0.6 is 0 Å². The van der Waals surface area contributed by atoms with Gasteiger partial charge in [0.15, 0.2) is 0 Å². The third-order valence-electron chi connectivity index (χ3n) is 3.70. The molecule has 0 aromatic heterocycles. The minimum absolute atomic E-state index is 0.584. The van der Waals surface area contributed by atoms with Crippen molar-refractivity contribution in [1.29, 1.82) is 0 Å². The van der Waals surface area contributed by atoms with Crippen LogP contribution < -0.4 is 5.32 Å². The van der Waals surface area contributed by atoms with E-state index in [2.05, 4.69) is 55.6 Å². The van der Waals surface area contributed by atoms with Crippen molar-refractivity contribution in [3.63, 3.8) is 0 Å². The Hall–Kier alpha value is -1.08. The molecule has 0 radical (unpaired) electrons. The maximum absolute atomic E-state index is 3.44. The number of nitrogens with one attached hydrogen (secondary N) is 1. The van der Waals surface area contributed by atoms with Crippen molar-refractivity contribution in [2.75, 3.05) is 6.54 Å². The second-order valence-electron chi connectivity index (χ2n) is 5.56. The van der Waals surface area contributed by atoms with E-state index >= 15 is 0 Å². The fourth-order valence-electron chi connectivity index (χ4n) is 2.42. The smallest absolute Gasteiger partial charge is 0.00105 e. The average molecular weight is 243 g/mol. The molecule has 1 aliphatic carbocycles. The molecule has 0 aliphatic heterocycles. The molecule has 1 nitrogen and oxygen atoms in total. The molecule has 18 heavy (non-hydrogen) atoms. The van der Waals surface area contributed by atoms with Crippen molar-refractivity contribution in [2.45, 2.75) is 51.5 Å². The van der Waals surface area contributed by atoms with Crippen molar-refractivity contribution < 1.29 is 0 Å². The highest BCUT2D eigenvalue weighted by atomic mass is 14.9. The lowest BCUT2D eigenvalue weighted by Crippen LogP contribution is -2.23. The standard InChI is InChI=1S/C17H25N/c1-14(2)18-13-6-5-9-15-8-3-4-12-17(15)16-10-7-11-16/h3-5,8-9,12,14,16,18H,6-7,10-11,13H2,1-2H3/b9-5+. The van der Waals surface area contributed by atoms with Gasteiger partial charge in [-0.05, 0) is 42.9 Å². The van der Waals surface area contributed by atoms with E-state index in [1.54, 1.807) is 5.56 Å². The van der Waals surface area contributed by atoms with Gasteiger partial charge in [0.05, 0.1) is 0 Å². The zero-order valence-electron chi connectivity index (χ0n) is 11.7. The molecular formula is C17H25N. The highest BCUT2D eigenvalue weighted by molar-refractivity contribution is 5.55. The first-order valence-corrected chi connectivity index (χ1v) is 7.26. The number of rotatable bonds is 6. The number of benzene rings is 1. The summed E-state index contributed by atoms with van der Waals surface area (Å²) >= 11 is 0. The maximum Gasteiger partial charge on any atom is 0.00105 e. The largest absolute Gasteiger partial charge is 0.314 e. The SMILES string of the molecule is CC(C)NCC/C=C/c1ccccc1C1CCC1. The van der Waals surface area contributed by atoms with Crippen molar-refractivity contribution in [2.24, 2.45) is 0 Å². The monoisotopic (exact) mass is 243 g/mol. The molecule has 1 aliphatic rings. The topological polar surface area (TPSA) is 12.0 Å². The zero-order valence-corrected chi connectivity index (χ0v) is 11.7. The van der Waals surface area contributed by atoms with Crippen LogP contribution in [0.15, 0.2) is 30.3 Å². The summed E-state index contributed by atoms with van der Waals surface area (Å²) in [6.07, 6.45) is 9.86. The number of hydrogen-bond acceptors (Lipinski definition) is 1. The Kier molecular flexibility index (Phi) is 5.00. The van der Waals surface area contributed by atoms with Gasteiger partial charge in [-0.15, -0.1) is 0 Å². The van der Waals surface area contributed by atoms with E-state index in [0.717, 1.165) is 18.9 Å².